The molecule has 1 aromatic carbocycles. The Morgan fingerprint density at radius 1 is 1.30 bits per heavy atom. The minimum Gasteiger partial charge on any atom is -0.492 e. The minimum atomic E-state index is 0.277. The van der Waals surface area contributed by atoms with Crippen molar-refractivity contribution < 1.29 is 9.84 Å². The maximum atomic E-state index is 8.96. The van der Waals surface area contributed by atoms with E-state index < -0.39 is 0 Å². The van der Waals surface area contributed by atoms with Gasteiger partial charge in [-0.2, -0.15) is 0 Å². The molecular formula is C15H23Br2NO2. The molecule has 0 aromatic heterocycles. The lowest BCUT2D eigenvalue weighted by molar-refractivity contribution is 0.228. The van der Waals surface area contributed by atoms with E-state index in [1.165, 1.54) is 5.56 Å². The van der Waals surface area contributed by atoms with E-state index in [1.807, 2.05) is 6.92 Å². The number of benzene rings is 1. The Hall–Kier alpha value is -0.100. The summed E-state index contributed by atoms with van der Waals surface area (Å²) in [5.74, 6) is 1.25. The van der Waals surface area contributed by atoms with Crippen LogP contribution in [0.15, 0.2) is 21.1 Å². The molecule has 0 aliphatic heterocycles. The Labute approximate surface area is 138 Å². The van der Waals surface area contributed by atoms with Crippen molar-refractivity contribution in [3.8, 4) is 5.75 Å². The first kappa shape index (κ1) is 18.0. The van der Waals surface area contributed by atoms with Gasteiger partial charge in [0.25, 0.3) is 0 Å². The third-order valence-electron chi connectivity index (χ3n) is 3.04. The van der Waals surface area contributed by atoms with Gasteiger partial charge in [-0.15, -0.1) is 0 Å². The molecule has 0 saturated carbocycles. The van der Waals surface area contributed by atoms with E-state index in [0.717, 1.165) is 40.6 Å². The Bertz CT molecular complexity index is 390. The normalized spacial score (nSPS) is 12.4. The first-order valence-corrected chi connectivity index (χ1v) is 8.59. The number of aliphatic hydroxyl groups is 1. The number of nitrogens with one attached hydrogen (secondary N) is 1. The first-order valence-electron chi connectivity index (χ1n) is 7.00. The molecule has 1 rings (SSSR count). The molecule has 0 amide bonds. The van der Waals surface area contributed by atoms with E-state index >= 15 is 0 Å². The van der Waals surface area contributed by atoms with Crippen LogP contribution < -0.4 is 10.1 Å². The van der Waals surface area contributed by atoms with Crippen LogP contribution in [0.3, 0.4) is 0 Å². The van der Waals surface area contributed by atoms with Crippen LogP contribution in [0.25, 0.3) is 0 Å². The second-order valence-corrected chi connectivity index (χ2v) is 6.64. The van der Waals surface area contributed by atoms with Crippen LogP contribution in [-0.2, 0) is 6.54 Å². The molecule has 114 valence electrons. The maximum absolute atomic E-state index is 8.96. The fourth-order valence-corrected chi connectivity index (χ4v) is 3.41. The summed E-state index contributed by atoms with van der Waals surface area (Å²) >= 11 is 7.08. The fourth-order valence-electron chi connectivity index (χ4n) is 1.90. The third kappa shape index (κ3) is 6.12. The molecule has 1 atom stereocenters. The van der Waals surface area contributed by atoms with Crippen LogP contribution in [0, 0.1) is 5.92 Å². The lowest BCUT2D eigenvalue weighted by Crippen LogP contribution is -2.16. The molecule has 0 saturated heterocycles. The molecule has 0 bridgehead atoms. The molecule has 0 heterocycles. The van der Waals surface area contributed by atoms with Gasteiger partial charge in [-0.1, -0.05) is 6.92 Å². The Balaban J connectivity index is 2.41. The standard InChI is InChI=1S/C15H23Br2NO2/c1-3-20-15-13(16)7-12(8-14(15)17)9-18-6-4-5-11(2)10-19/h7-8,11,18-19H,3-6,9-10H2,1-2H3. The Kier molecular flexibility index (Phi) is 8.77. The number of halogens is 2. The van der Waals surface area contributed by atoms with E-state index in [1.54, 1.807) is 0 Å². The quantitative estimate of drug-likeness (QED) is 0.604. The summed E-state index contributed by atoms with van der Waals surface area (Å²) in [7, 11) is 0. The predicted octanol–water partition coefficient (Wildman–Crippen LogP) is 4.11. The topological polar surface area (TPSA) is 41.5 Å². The van der Waals surface area contributed by atoms with Crippen molar-refractivity contribution in [2.45, 2.75) is 33.2 Å². The molecular weight excluding hydrogens is 386 g/mol. The summed E-state index contributed by atoms with van der Waals surface area (Å²) in [6, 6.07) is 4.16. The zero-order valence-corrected chi connectivity index (χ0v) is 15.3. The Morgan fingerprint density at radius 3 is 2.50 bits per heavy atom. The van der Waals surface area contributed by atoms with Crippen molar-refractivity contribution in [1.29, 1.82) is 0 Å². The van der Waals surface area contributed by atoms with Crippen LogP contribution in [-0.4, -0.2) is 24.9 Å². The average Bonchev–Trinajstić information content (AvgIpc) is 2.42. The van der Waals surface area contributed by atoms with Gasteiger partial charge < -0.3 is 15.2 Å². The van der Waals surface area contributed by atoms with Gasteiger partial charge in [0.2, 0.25) is 0 Å². The van der Waals surface area contributed by atoms with Crippen molar-refractivity contribution in [1.82, 2.24) is 5.32 Å². The van der Waals surface area contributed by atoms with Gasteiger partial charge in [0.05, 0.1) is 15.6 Å². The molecule has 0 fully saturated rings. The smallest absolute Gasteiger partial charge is 0.147 e. The van der Waals surface area contributed by atoms with E-state index in [4.69, 9.17) is 9.84 Å². The second kappa shape index (κ2) is 9.77. The van der Waals surface area contributed by atoms with Gasteiger partial charge in [0, 0.05) is 13.2 Å². The monoisotopic (exact) mass is 407 g/mol. The fraction of sp³-hybridized carbons (Fsp3) is 0.600. The number of aliphatic hydroxyl groups excluding tert-OH is 1. The van der Waals surface area contributed by atoms with Gasteiger partial charge in [0.15, 0.2) is 0 Å². The lowest BCUT2D eigenvalue weighted by Gasteiger charge is -2.12. The van der Waals surface area contributed by atoms with Gasteiger partial charge in [-0.25, -0.2) is 0 Å². The molecule has 0 aliphatic rings. The molecule has 0 radical (unpaired) electrons. The van der Waals surface area contributed by atoms with Crippen molar-refractivity contribution in [3.63, 3.8) is 0 Å². The van der Waals surface area contributed by atoms with E-state index in [-0.39, 0.29) is 6.61 Å². The van der Waals surface area contributed by atoms with Gasteiger partial charge in [-0.05, 0) is 81.8 Å². The van der Waals surface area contributed by atoms with Crippen LogP contribution in [0.2, 0.25) is 0 Å². The number of hydrogen-bond donors (Lipinski definition) is 2. The maximum Gasteiger partial charge on any atom is 0.147 e. The largest absolute Gasteiger partial charge is 0.492 e. The SMILES string of the molecule is CCOc1c(Br)cc(CNCCCC(C)CO)cc1Br. The number of rotatable bonds is 9. The van der Waals surface area contributed by atoms with Gasteiger partial charge >= 0.3 is 0 Å². The highest BCUT2D eigenvalue weighted by atomic mass is 79.9. The predicted molar refractivity (Wildman–Crippen MR) is 90.2 cm³/mol. The van der Waals surface area contributed by atoms with Gasteiger partial charge in [-0.3, -0.25) is 0 Å². The number of hydrogen-bond acceptors (Lipinski definition) is 3. The van der Waals surface area contributed by atoms with Crippen LogP contribution in [0.4, 0.5) is 0 Å². The zero-order valence-electron chi connectivity index (χ0n) is 12.1. The summed E-state index contributed by atoms with van der Waals surface area (Å²) in [6.45, 7) is 6.77. The second-order valence-electron chi connectivity index (χ2n) is 4.93. The average molecular weight is 409 g/mol. The molecule has 1 aromatic rings. The van der Waals surface area contributed by atoms with Crippen molar-refractivity contribution in [2.24, 2.45) is 5.92 Å². The van der Waals surface area contributed by atoms with Crippen LogP contribution >= 0.6 is 31.9 Å². The lowest BCUT2D eigenvalue weighted by atomic mass is 10.1. The summed E-state index contributed by atoms with van der Waals surface area (Å²) in [4.78, 5) is 0. The van der Waals surface area contributed by atoms with Gasteiger partial charge in [0.1, 0.15) is 5.75 Å². The van der Waals surface area contributed by atoms with Crippen molar-refractivity contribution in [2.75, 3.05) is 19.8 Å². The van der Waals surface area contributed by atoms with E-state index in [0.29, 0.717) is 12.5 Å². The molecule has 0 aliphatic carbocycles. The van der Waals surface area contributed by atoms with Crippen molar-refractivity contribution in [3.05, 3.63) is 26.6 Å². The minimum absolute atomic E-state index is 0.277. The highest BCUT2D eigenvalue weighted by molar-refractivity contribution is 9.11. The number of ether oxygens (including phenoxy) is 1. The molecule has 20 heavy (non-hydrogen) atoms. The summed E-state index contributed by atoms with van der Waals surface area (Å²) in [5.41, 5.74) is 1.21. The third-order valence-corrected chi connectivity index (χ3v) is 4.22. The highest BCUT2D eigenvalue weighted by Crippen LogP contribution is 2.34. The molecule has 1 unspecified atom stereocenters. The highest BCUT2D eigenvalue weighted by Gasteiger charge is 2.08. The molecule has 0 spiro atoms. The Morgan fingerprint density at radius 2 is 1.95 bits per heavy atom. The summed E-state index contributed by atoms with van der Waals surface area (Å²) < 4.78 is 7.51. The van der Waals surface area contributed by atoms with Crippen LogP contribution in [0.5, 0.6) is 5.75 Å². The first-order chi connectivity index (χ1) is 9.58. The molecule has 2 N–H and O–H groups in total. The summed E-state index contributed by atoms with van der Waals surface area (Å²) in [5, 5.41) is 12.4. The van der Waals surface area contributed by atoms with Crippen LogP contribution in [0.1, 0.15) is 32.3 Å². The zero-order chi connectivity index (χ0) is 15.0. The summed E-state index contributed by atoms with van der Waals surface area (Å²) in [6.07, 6.45) is 2.14. The van der Waals surface area contributed by atoms with Crippen molar-refractivity contribution >= 4 is 31.9 Å². The molecule has 5 heteroatoms. The van der Waals surface area contributed by atoms with E-state index in [2.05, 4.69) is 56.2 Å². The molecule has 3 nitrogen and oxygen atoms in total. The van der Waals surface area contributed by atoms with E-state index in [9.17, 15) is 0 Å².